The molecule has 0 spiro atoms. The minimum Gasteiger partial charge on any atom is -0.497 e. The largest absolute Gasteiger partial charge is 0.497 e. The Hall–Kier alpha value is -1.79. The summed E-state index contributed by atoms with van der Waals surface area (Å²) >= 11 is 0. The van der Waals surface area contributed by atoms with Crippen LogP contribution in [0.4, 0.5) is 0 Å². The third kappa shape index (κ3) is 10.8. The number of aliphatic imine (C=N–C) groups is 1. The van der Waals surface area contributed by atoms with Crippen LogP contribution in [-0.4, -0.2) is 59.6 Å². The maximum absolute atomic E-state index is 5.55. The maximum Gasteiger partial charge on any atom is 0.191 e. The van der Waals surface area contributed by atoms with Crippen molar-refractivity contribution in [1.82, 2.24) is 10.6 Å². The molecule has 154 valence electrons. The van der Waals surface area contributed by atoms with Gasteiger partial charge in [-0.2, -0.15) is 0 Å². The molecule has 1 rings (SSSR count). The van der Waals surface area contributed by atoms with E-state index in [0.29, 0.717) is 25.7 Å². The second-order valence-electron chi connectivity index (χ2n) is 6.47. The van der Waals surface area contributed by atoms with E-state index in [-0.39, 0.29) is 0 Å². The molecule has 0 bridgehead atoms. The van der Waals surface area contributed by atoms with Gasteiger partial charge in [0.15, 0.2) is 5.96 Å². The standard InChI is InChI=1S/C21H37N3O3/c1-5-6-14-26-16-17-27-15-13-24-21(22-3)23-12-11-18(2)19-7-9-20(25-4)10-8-19/h7-10,18H,5-6,11-17H2,1-4H3,(H2,22,23,24). The first-order chi connectivity index (χ1) is 13.2. The Bertz CT molecular complexity index is 506. The smallest absolute Gasteiger partial charge is 0.191 e. The highest BCUT2D eigenvalue weighted by Gasteiger charge is 2.06. The van der Waals surface area contributed by atoms with Crippen LogP contribution in [0.25, 0.3) is 0 Å². The van der Waals surface area contributed by atoms with Gasteiger partial charge >= 0.3 is 0 Å². The lowest BCUT2D eigenvalue weighted by molar-refractivity contribution is 0.0487. The van der Waals surface area contributed by atoms with E-state index in [1.54, 1.807) is 14.2 Å². The number of unbranched alkanes of at least 4 members (excludes halogenated alkanes) is 1. The molecule has 6 heteroatoms. The number of nitrogens with one attached hydrogen (secondary N) is 2. The van der Waals surface area contributed by atoms with E-state index in [4.69, 9.17) is 14.2 Å². The van der Waals surface area contributed by atoms with Crippen molar-refractivity contribution in [3.05, 3.63) is 29.8 Å². The van der Waals surface area contributed by atoms with Crippen molar-refractivity contribution >= 4 is 5.96 Å². The molecule has 0 saturated carbocycles. The fourth-order valence-corrected chi connectivity index (χ4v) is 2.54. The first-order valence-electron chi connectivity index (χ1n) is 9.95. The van der Waals surface area contributed by atoms with Gasteiger partial charge in [0.1, 0.15) is 5.75 Å². The summed E-state index contributed by atoms with van der Waals surface area (Å²) in [6.45, 7) is 8.74. The van der Waals surface area contributed by atoms with Gasteiger partial charge in [-0.15, -0.1) is 0 Å². The molecule has 2 N–H and O–H groups in total. The van der Waals surface area contributed by atoms with Gasteiger partial charge in [0, 0.05) is 26.7 Å². The highest BCUT2D eigenvalue weighted by Crippen LogP contribution is 2.21. The third-order valence-electron chi connectivity index (χ3n) is 4.33. The van der Waals surface area contributed by atoms with Crippen molar-refractivity contribution in [2.45, 2.75) is 39.0 Å². The maximum atomic E-state index is 5.55. The highest BCUT2D eigenvalue weighted by atomic mass is 16.5. The number of ether oxygens (including phenoxy) is 3. The summed E-state index contributed by atoms with van der Waals surface area (Å²) in [6, 6.07) is 8.27. The molecule has 6 nitrogen and oxygen atoms in total. The van der Waals surface area contributed by atoms with Gasteiger partial charge in [-0.05, 0) is 36.5 Å². The molecule has 0 radical (unpaired) electrons. The zero-order valence-corrected chi connectivity index (χ0v) is 17.4. The lowest BCUT2D eigenvalue weighted by atomic mass is 9.98. The van der Waals surface area contributed by atoms with Crippen molar-refractivity contribution in [3.8, 4) is 5.75 Å². The Labute approximate surface area is 164 Å². The van der Waals surface area contributed by atoms with Crippen LogP contribution in [0.2, 0.25) is 0 Å². The monoisotopic (exact) mass is 379 g/mol. The van der Waals surface area contributed by atoms with E-state index in [2.05, 4.69) is 41.6 Å². The number of methoxy groups -OCH3 is 1. The zero-order chi connectivity index (χ0) is 19.7. The van der Waals surface area contributed by atoms with Crippen LogP contribution in [0.3, 0.4) is 0 Å². The fraction of sp³-hybridized carbons (Fsp3) is 0.667. The summed E-state index contributed by atoms with van der Waals surface area (Å²) in [5.74, 6) is 2.17. The average Bonchev–Trinajstić information content (AvgIpc) is 2.71. The Kier molecular flexibility index (Phi) is 13.2. The van der Waals surface area contributed by atoms with E-state index in [1.807, 2.05) is 12.1 Å². The van der Waals surface area contributed by atoms with E-state index in [9.17, 15) is 0 Å². The summed E-state index contributed by atoms with van der Waals surface area (Å²) in [5.41, 5.74) is 1.31. The first kappa shape index (κ1) is 23.2. The van der Waals surface area contributed by atoms with Gasteiger partial charge in [0.05, 0.1) is 26.9 Å². The van der Waals surface area contributed by atoms with Gasteiger partial charge in [0.25, 0.3) is 0 Å². The molecule has 0 aliphatic carbocycles. The van der Waals surface area contributed by atoms with Crippen molar-refractivity contribution in [3.63, 3.8) is 0 Å². The molecule has 0 aliphatic rings. The minimum atomic E-state index is 0.470. The van der Waals surface area contributed by atoms with Gasteiger partial charge < -0.3 is 24.8 Å². The molecule has 27 heavy (non-hydrogen) atoms. The van der Waals surface area contributed by atoms with Gasteiger partial charge in [0.2, 0.25) is 0 Å². The van der Waals surface area contributed by atoms with Gasteiger partial charge in [-0.3, -0.25) is 4.99 Å². The topological polar surface area (TPSA) is 64.1 Å². The number of hydrogen-bond acceptors (Lipinski definition) is 4. The van der Waals surface area contributed by atoms with Crippen LogP contribution in [0, 0.1) is 0 Å². The van der Waals surface area contributed by atoms with Crippen LogP contribution in [0.15, 0.2) is 29.3 Å². The second kappa shape index (κ2) is 15.3. The van der Waals surface area contributed by atoms with Crippen LogP contribution >= 0.6 is 0 Å². The SMILES string of the molecule is CCCCOCCOCCNC(=NC)NCCC(C)c1ccc(OC)cc1. The molecule has 0 saturated heterocycles. The van der Waals surface area contributed by atoms with E-state index in [1.165, 1.54) is 5.56 Å². The lowest BCUT2D eigenvalue weighted by Gasteiger charge is -2.15. The number of benzene rings is 1. The predicted octanol–water partition coefficient (Wildman–Crippen LogP) is 3.19. The summed E-state index contributed by atoms with van der Waals surface area (Å²) in [5, 5.41) is 6.62. The molecule has 0 fully saturated rings. The first-order valence-corrected chi connectivity index (χ1v) is 9.95. The Morgan fingerprint density at radius 3 is 2.30 bits per heavy atom. The molecule has 1 atom stereocenters. The van der Waals surface area contributed by atoms with E-state index < -0.39 is 0 Å². The number of rotatable bonds is 14. The molecule has 1 aromatic carbocycles. The third-order valence-corrected chi connectivity index (χ3v) is 4.33. The summed E-state index contributed by atoms with van der Waals surface area (Å²) in [4.78, 5) is 4.25. The van der Waals surface area contributed by atoms with E-state index >= 15 is 0 Å². The van der Waals surface area contributed by atoms with Crippen molar-refractivity contribution < 1.29 is 14.2 Å². The van der Waals surface area contributed by atoms with E-state index in [0.717, 1.165) is 50.7 Å². The second-order valence-corrected chi connectivity index (χ2v) is 6.47. The lowest BCUT2D eigenvalue weighted by Crippen LogP contribution is -2.39. The number of nitrogens with zero attached hydrogens (tertiary/aromatic N) is 1. The van der Waals surface area contributed by atoms with Crippen LogP contribution in [-0.2, 0) is 9.47 Å². The van der Waals surface area contributed by atoms with Gasteiger partial charge in [-0.1, -0.05) is 32.4 Å². The molecule has 1 aromatic rings. The fourth-order valence-electron chi connectivity index (χ4n) is 2.54. The molecular weight excluding hydrogens is 342 g/mol. The van der Waals surface area contributed by atoms with Crippen LogP contribution < -0.4 is 15.4 Å². The van der Waals surface area contributed by atoms with Crippen molar-refractivity contribution in [2.75, 3.05) is 53.7 Å². The molecule has 0 amide bonds. The number of hydrogen-bond donors (Lipinski definition) is 2. The highest BCUT2D eigenvalue weighted by molar-refractivity contribution is 5.79. The quantitative estimate of drug-likeness (QED) is 0.295. The summed E-state index contributed by atoms with van der Waals surface area (Å²) in [7, 11) is 3.47. The van der Waals surface area contributed by atoms with Gasteiger partial charge in [-0.25, -0.2) is 0 Å². The normalized spacial score (nSPS) is 12.7. The summed E-state index contributed by atoms with van der Waals surface area (Å²) < 4.78 is 16.2. The number of guanidine groups is 1. The summed E-state index contributed by atoms with van der Waals surface area (Å²) in [6.07, 6.45) is 3.30. The molecule has 1 unspecified atom stereocenters. The Balaban J connectivity index is 2.10. The minimum absolute atomic E-state index is 0.470. The molecule has 0 aliphatic heterocycles. The van der Waals surface area contributed by atoms with Crippen molar-refractivity contribution in [1.29, 1.82) is 0 Å². The van der Waals surface area contributed by atoms with Crippen molar-refractivity contribution in [2.24, 2.45) is 4.99 Å². The molecule has 0 heterocycles. The van der Waals surface area contributed by atoms with Crippen LogP contribution in [0.1, 0.15) is 44.6 Å². The average molecular weight is 380 g/mol. The Morgan fingerprint density at radius 1 is 1.00 bits per heavy atom. The zero-order valence-electron chi connectivity index (χ0n) is 17.4. The molecule has 0 aromatic heterocycles. The molecular formula is C21H37N3O3. The predicted molar refractivity (Wildman–Crippen MR) is 112 cm³/mol. The van der Waals surface area contributed by atoms with Crippen LogP contribution in [0.5, 0.6) is 5.75 Å². The Morgan fingerprint density at radius 2 is 1.67 bits per heavy atom.